The monoisotopic (exact) mass is 334 g/mol. The molecule has 1 saturated heterocycles. The van der Waals surface area contributed by atoms with E-state index in [0.717, 1.165) is 43.8 Å². The largest absolute Gasteiger partial charge is 0.497 e. The molecule has 0 aromatic heterocycles. The summed E-state index contributed by atoms with van der Waals surface area (Å²) < 4.78 is 10.7. The van der Waals surface area contributed by atoms with Crippen molar-refractivity contribution in [1.29, 1.82) is 0 Å². The highest BCUT2D eigenvalue weighted by Gasteiger charge is 2.25. The first-order valence-electron chi connectivity index (χ1n) is 8.67. The third-order valence-corrected chi connectivity index (χ3v) is 4.17. The number of methoxy groups -OCH3 is 1. The summed E-state index contributed by atoms with van der Waals surface area (Å²) in [5.74, 6) is 0.870. The number of ether oxygens (including phenoxy) is 2. The van der Waals surface area contributed by atoms with Crippen LogP contribution in [0, 0.1) is 6.92 Å². The van der Waals surface area contributed by atoms with Gasteiger partial charge in [-0.3, -0.25) is 0 Å². The molecule has 0 spiro atoms. The van der Waals surface area contributed by atoms with Gasteiger partial charge in [0.2, 0.25) is 0 Å². The number of carbonyl (C=O) groups excluding carboxylic acids is 1. The van der Waals surface area contributed by atoms with E-state index in [2.05, 4.69) is 18.3 Å². The molecule has 134 valence electrons. The number of anilines is 1. The second-order valence-corrected chi connectivity index (χ2v) is 7.42. The topological polar surface area (TPSA) is 50.8 Å². The molecule has 1 aromatic carbocycles. The van der Waals surface area contributed by atoms with Crippen LogP contribution < -0.4 is 10.1 Å². The number of nitrogens with zero attached hydrogens (tertiary/aromatic N) is 1. The highest BCUT2D eigenvalue weighted by molar-refractivity contribution is 5.68. The lowest BCUT2D eigenvalue weighted by molar-refractivity contribution is 0.0256. The zero-order chi connectivity index (χ0) is 17.7. The summed E-state index contributed by atoms with van der Waals surface area (Å²) in [6.07, 6.45) is 2.74. The molecule has 1 aliphatic rings. The van der Waals surface area contributed by atoms with E-state index in [1.165, 1.54) is 5.56 Å². The van der Waals surface area contributed by atoms with E-state index in [9.17, 15) is 4.79 Å². The Morgan fingerprint density at radius 2 is 2.00 bits per heavy atom. The zero-order valence-corrected chi connectivity index (χ0v) is 15.5. The molecule has 0 aliphatic carbocycles. The minimum Gasteiger partial charge on any atom is -0.497 e. The van der Waals surface area contributed by atoms with Gasteiger partial charge in [0.15, 0.2) is 0 Å². The van der Waals surface area contributed by atoms with Gasteiger partial charge in [0.05, 0.1) is 7.11 Å². The number of amides is 1. The molecule has 5 heteroatoms. The molecule has 1 aliphatic heterocycles. The van der Waals surface area contributed by atoms with E-state index in [4.69, 9.17) is 9.47 Å². The van der Waals surface area contributed by atoms with Crippen molar-refractivity contribution in [2.75, 3.05) is 25.5 Å². The van der Waals surface area contributed by atoms with Gasteiger partial charge in [-0.05, 0) is 70.7 Å². The average Bonchev–Trinajstić information content (AvgIpc) is 2.73. The van der Waals surface area contributed by atoms with Gasteiger partial charge in [-0.15, -0.1) is 0 Å². The van der Waals surface area contributed by atoms with Crippen molar-refractivity contribution in [3.63, 3.8) is 0 Å². The number of benzene rings is 1. The first kappa shape index (κ1) is 18.4. The number of aryl methyl sites for hydroxylation is 1. The maximum absolute atomic E-state index is 12.2. The lowest BCUT2D eigenvalue weighted by atomic mass is 10.1. The third kappa shape index (κ3) is 5.32. The SMILES string of the molecule is COc1ccc(NC2CCCN(C(=O)OC(C)(C)C)CC2)c(C)c1. The van der Waals surface area contributed by atoms with Crippen molar-refractivity contribution < 1.29 is 14.3 Å². The van der Waals surface area contributed by atoms with Gasteiger partial charge in [0.1, 0.15) is 11.4 Å². The van der Waals surface area contributed by atoms with Crippen LogP contribution in [0.5, 0.6) is 5.75 Å². The van der Waals surface area contributed by atoms with Crippen molar-refractivity contribution in [3.8, 4) is 5.75 Å². The number of hydrogen-bond donors (Lipinski definition) is 1. The Bertz CT molecular complexity index is 566. The molecule has 0 radical (unpaired) electrons. The van der Waals surface area contributed by atoms with Gasteiger partial charge >= 0.3 is 6.09 Å². The molecule has 2 rings (SSSR count). The fraction of sp³-hybridized carbons (Fsp3) is 0.632. The van der Waals surface area contributed by atoms with Crippen LogP contribution in [0.3, 0.4) is 0 Å². The van der Waals surface area contributed by atoms with Crippen LogP contribution in [0.4, 0.5) is 10.5 Å². The van der Waals surface area contributed by atoms with E-state index in [1.54, 1.807) is 7.11 Å². The van der Waals surface area contributed by atoms with Crippen molar-refractivity contribution in [3.05, 3.63) is 23.8 Å². The van der Waals surface area contributed by atoms with Gasteiger partial charge in [0.25, 0.3) is 0 Å². The maximum Gasteiger partial charge on any atom is 0.410 e. The summed E-state index contributed by atoms with van der Waals surface area (Å²) in [5.41, 5.74) is 1.86. The zero-order valence-electron chi connectivity index (χ0n) is 15.5. The highest BCUT2D eigenvalue weighted by atomic mass is 16.6. The number of nitrogens with one attached hydrogen (secondary N) is 1. The molecule has 1 heterocycles. The van der Waals surface area contributed by atoms with Crippen molar-refractivity contribution >= 4 is 11.8 Å². The lowest BCUT2D eigenvalue weighted by Crippen LogP contribution is -2.37. The molecular weight excluding hydrogens is 304 g/mol. The van der Waals surface area contributed by atoms with Crippen LogP contribution in [0.1, 0.15) is 45.6 Å². The summed E-state index contributed by atoms with van der Waals surface area (Å²) in [6.45, 7) is 9.27. The summed E-state index contributed by atoms with van der Waals surface area (Å²) in [5, 5.41) is 3.61. The standard InChI is InChI=1S/C19H30N2O3/c1-14-13-16(23-5)8-9-17(14)20-15-7-6-11-21(12-10-15)18(22)24-19(2,3)4/h8-9,13,15,20H,6-7,10-12H2,1-5H3. The molecule has 1 fully saturated rings. The minimum absolute atomic E-state index is 0.205. The predicted octanol–water partition coefficient (Wildman–Crippen LogP) is 4.21. The second kappa shape index (κ2) is 7.77. The number of hydrogen-bond acceptors (Lipinski definition) is 4. The fourth-order valence-electron chi connectivity index (χ4n) is 2.89. The van der Waals surface area contributed by atoms with Crippen LogP contribution in [0.25, 0.3) is 0 Å². The number of rotatable bonds is 3. The highest BCUT2D eigenvalue weighted by Crippen LogP contribution is 2.24. The Kier molecular flexibility index (Phi) is 5.97. The Morgan fingerprint density at radius 1 is 1.25 bits per heavy atom. The lowest BCUT2D eigenvalue weighted by Gasteiger charge is -2.26. The molecule has 1 unspecified atom stereocenters. The molecule has 0 saturated carbocycles. The minimum atomic E-state index is -0.443. The molecule has 1 amide bonds. The molecular formula is C19H30N2O3. The van der Waals surface area contributed by atoms with Crippen LogP contribution in [0.2, 0.25) is 0 Å². The Labute approximate surface area is 145 Å². The summed E-state index contributed by atoms with van der Waals surface area (Å²) in [7, 11) is 1.68. The average molecular weight is 334 g/mol. The van der Waals surface area contributed by atoms with Crippen LogP contribution in [-0.4, -0.2) is 42.8 Å². The van der Waals surface area contributed by atoms with Crippen LogP contribution in [0.15, 0.2) is 18.2 Å². The molecule has 0 bridgehead atoms. The molecule has 24 heavy (non-hydrogen) atoms. The van der Waals surface area contributed by atoms with E-state index in [1.807, 2.05) is 37.8 Å². The fourth-order valence-corrected chi connectivity index (χ4v) is 2.89. The molecule has 1 aromatic rings. The molecule has 5 nitrogen and oxygen atoms in total. The molecule has 1 atom stereocenters. The number of likely N-dealkylation sites (tertiary alicyclic amines) is 1. The third-order valence-electron chi connectivity index (χ3n) is 4.17. The smallest absolute Gasteiger partial charge is 0.410 e. The van der Waals surface area contributed by atoms with Gasteiger partial charge in [0, 0.05) is 24.8 Å². The van der Waals surface area contributed by atoms with Crippen LogP contribution in [-0.2, 0) is 4.74 Å². The normalized spacial score (nSPS) is 18.7. The maximum atomic E-state index is 12.2. The van der Waals surface area contributed by atoms with E-state index < -0.39 is 5.60 Å². The van der Waals surface area contributed by atoms with Gasteiger partial charge in [-0.25, -0.2) is 4.79 Å². The quantitative estimate of drug-likeness (QED) is 0.900. The van der Waals surface area contributed by atoms with E-state index in [-0.39, 0.29) is 6.09 Å². The van der Waals surface area contributed by atoms with Gasteiger partial charge in [-0.2, -0.15) is 0 Å². The van der Waals surface area contributed by atoms with Crippen molar-refractivity contribution in [2.24, 2.45) is 0 Å². The number of carbonyl (C=O) groups is 1. The summed E-state index contributed by atoms with van der Waals surface area (Å²) >= 11 is 0. The first-order chi connectivity index (χ1) is 11.3. The van der Waals surface area contributed by atoms with E-state index >= 15 is 0 Å². The van der Waals surface area contributed by atoms with Gasteiger partial charge < -0.3 is 19.7 Å². The Balaban J connectivity index is 1.92. The Hall–Kier alpha value is -1.91. The second-order valence-electron chi connectivity index (χ2n) is 7.42. The van der Waals surface area contributed by atoms with Crippen molar-refractivity contribution in [2.45, 2.75) is 58.6 Å². The first-order valence-corrected chi connectivity index (χ1v) is 8.67. The summed E-state index contributed by atoms with van der Waals surface area (Å²) in [4.78, 5) is 14.1. The van der Waals surface area contributed by atoms with E-state index in [0.29, 0.717) is 6.04 Å². The molecule has 1 N–H and O–H groups in total. The van der Waals surface area contributed by atoms with Crippen LogP contribution >= 0.6 is 0 Å². The summed E-state index contributed by atoms with van der Waals surface area (Å²) in [6, 6.07) is 6.43. The van der Waals surface area contributed by atoms with Crippen molar-refractivity contribution in [1.82, 2.24) is 4.90 Å². The Morgan fingerprint density at radius 3 is 2.62 bits per heavy atom. The van der Waals surface area contributed by atoms with Gasteiger partial charge in [-0.1, -0.05) is 0 Å². The predicted molar refractivity (Wildman–Crippen MR) is 96.8 cm³/mol.